The third-order valence-electron chi connectivity index (χ3n) is 4.35. The van der Waals surface area contributed by atoms with Crippen LogP contribution >= 0.6 is 0 Å². The second kappa shape index (κ2) is 3.98. The number of rotatable bonds is 0. The van der Waals surface area contributed by atoms with E-state index in [1.54, 1.807) is 0 Å². The lowest BCUT2D eigenvalue weighted by Gasteiger charge is -2.43. The van der Waals surface area contributed by atoms with Crippen molar-refractivity contribution in [3.8, 4) is 0 Å². The molecule has 94 valence electrons. The number of ketones is 1. The third kappa shape index (κ3) is 1.59. The van der Waals surface area contributed by atoms with Crippen LogP contribution in [0.3, 0.4) is 0 Å². The second-order valence-corrected chi connectivity index (χ2v) is 5.62. The van der Waals surface area contributed by atoms with Crippen LogP contribution in [-0.4, -0.2) is 11.3 Å². The molecule has 2 heteroatoms. The van der Waals surface area contributed by atoms with E-state index in [-0.39, 0.29) is 11.3 Å². The number of aryl methyl sites for hydroxylation is 1. The largest absolute Gasteiger partial charge is 0.375 e. The molecule has 0 bridgehead atoms. The highest BCUT2D eigenvalue weighted by atomic mass is 16.1. The zero-order valence-corrected chi connectivity index (χ0v) is 10.9. The smallest absolute Gasteiger partial charge is 0.192 e. The lowest BCUT2D eigenvalue weighted by atomic mass is 9.72. The molecule has 0 unspecified atom stereocenters. The summed E-state index contributed by atoms with van der Waals surface area (Å²) in [4.78, 5) is 12.5. The van der Waals surface area contributed by atoms with E-state index in [0.29, 0.717) is 0 Å². The Bertz CT molecular complexity index is 524. The maximum atomic E-state index is 12.5. The van der Waals surface area contributed by atoms with E-state index in [1.807, 2.05) is 19.1 Å². The molecule has 1 aliphatic carbocycles. The topological polar surface area (TPSA) is 29.1 Å². The van der Waals surface area contributed by atoms with Gasteiger partial charge in [0.15, 0.2) is 5.78 Å². The minimum atomic E-state index is -0.169. The maximum Gasteiger partial charge on any atom is 0.192 e. The van der Waals surface area contributed by atoms with Crippen molar-refractivity contribution in [3.05, 3.63) is 41.5 Å². The van der Waals surface area contributed by atoms with Gasteiger partial charge in [0, 0.05) is 16.8 Å². The lowest BCUT2D eigenvalue weighted by Crippen LogP contribution is -2.47. The maximum absolute atomic E-state index is 12.5. The molecule has 2 aliphatic rings. The quantitative estimate of drug-likeness (QED) is 0.699. The molecule has 0 atom stereocenters. The highest BCUT2D eigenvalue weighted by molar-refractivity contribution is 6.15. The van der Waals surface area contributed by atoms with Gasteiger partial charge in [0.2, 0.25) is 0 Å². The molecule has 1 heterocycles. The van der Waals surface area contributed by atoms with Gasteiger partial charge in [-0.3, -0.25) is 4.79 Å². The van der Waals surface area contributed by atoms with Gasteiger partial charge in [-0.25, -0.2) is 0 Å². The zero-order chi connectivity index (χ0) is 12.8. The monoisotopic (exact) mass is 241 g/mol. The lowest BCUT2D eigenvalue weighted by molar-refractivity contribution is 0.101. The zero-order valence-electron chi connectivity index (χ0n) is 10.9. The molecule has 1 aromatic carbocycles. The van der Waals surface area contributed by atoms with Gasteiger partial charge in [0.05, 0.1) is 5.54 Å². The van der Waals surface area contributed by atoms with Crippen LogP contribution in [0.1, 0.15) is 48.0 Å². The molecule has 0 amide bonds. The number of Topliss-reactive ketones (excluding diaryl/α,β-unsaturated/α-hetero) is 1. The molecule has 18 heavy (non-hydrogen) atoms. The fourth-order valence-corrected chi connectivity index (χ4v) is 3.25. The van der Waals surface area contributed by atoms with E-state index in [2.05, 4.69) is 18.0 Å². The Morgan fingerprint density at radius 1 is 1.22 bits per heavy atom. The first-order valence-electron chi connectivity index (χ1n) is 6.75. The number of carbonyl (C=O) groups excluding carboxylic acids is 1. The molecular formula is C16H19NO. The summed E-state index contributed by atoms with van der Waals surface area (Å²) in [5, 5.41) is 3.60. The van der Waals surface area contributed by atoms with E-state index in [0.717, 1.165) is 35.2 Å². The molecule has 1 N–H and O–H groups in total. The van der Waals surface area contributed by atoms with Gasteiger partial charge >= 0.3 is 0 Å². The number of benzene rings is 1. The Morgan fingerprint density at radius 3 is 2.67 bits per heavy atom. The van der Waals surface area contributed by atoms with Crippen molar-refractivity contribution < 1.29 is 4.79 Å². The predicted octanol–water partition coefficient (Wildman–Crippen LogP) is 3.86. The van der Waals surface area contributed by atoms with Crippen LogP contribution < -0.4 is 5.32 Å². The van der Waals surface area contributed by atoms with Gasteiger partial charge in [-0.1, -0.05) is 37.5 Å². The summed E-state index contributed by atoms with van der Waals surface area (Å²) >= 11 is 0. The van der Waals surface area contributed by atoms with Crippen LogP contribution in [0.15, 0.2) is 30.4 Å². The number of hydrogen-bond donors (Lipinski definition) is 1. The summed E-state index contributed by atoms with van der Waals surface area (Å²) < 4.78 is 0. The van der Waals surface area contributed by atoms with Crippen molar-refractivity contribution >= 4 is 11.5 Å². The van der Waals surface area contributed by atoms with E-state index in [4.69, 9.17) is 0 Å². The number of fused-ring (bicyclic) bond motifs is 1. The molecule has 2 nitrogen and oxygen atoms in total. The van der Waals surface area contributed by atoms with E-state index in [1.165, 1.54) is 19.3 Å². The molecule has 3 rings (SSSR count). The predicted molar refractivity (Wildman–Crippen MR) is 74.1 cm³/mol. The number of hydrogen-bond acceptors (Lipinski definition) is 2. The Labute approximate surface area is 108 Å². The summed E-state index contributed by atoms with van der Waals surface area (Å²) in [5.74, 6) is 0.134. The van der Waals surface area contributed by atoms with Crippen molar-refractivity contribution in [3.63, 3.8) is 0 Å². The van der Waals surface area contributed by atoms with Crippen molar-refractivity contribution in [1.29, 1.82) is 0 Å². The standard InChI is InChI=1S/C16H19NO/c1-11-6-7-14-13(10-11)15(18)12(2)16(17-14)8-4-3-5-9-16/h6-7,10,17H,2-5,8-9H2,1H3. The number of carbonyl (C=O) groups is 1. The number of anilines is 1. The molecule has 0 radical (unpaired) electrons. The van der Waals surface area contributed by atoms with Crippen LogP contribution in [0.2, 0.25) is 0 Å². The van der Waals surface area contributed by atoms with Gasteiger partial charge in [-0.05, 0) is 31.9 Å². The summed E-state index contributed by atoms with van der Waals surface area (Å²) in [6.07, 6.45) is 5.70. The Balaban J connectivity index is 2.07. The third-order valence-corrected chi connectivity index (χ3v) is 4.35. The molecule has 1 fully saturated rings. The van der Waals surface area contributed by atoms with Gasteiger partial charge in [-0.2, -0.15) is 0 Å². The molecule has 1 aliphatic heterocycles. The first-order valence-corrected chi connectivity index (χ1v) is 6.75. The summed E-state index contributed by atoms with van der Waals surface area (Å²) in [7, 11) is 0. The van der Waals surface area contributed by atoms with Gasteiger partial charge in [0.25, 0.3) is 0 Å². The van der Waals surface area contributed by atoms with E-state index < -0.39 is 0 Å². The van der Waals surface area contributed by atoms with Crippen molar-refractivity contribution in [1.82, 2.24) is 0 Å². The Hall–Kier alpha value is -1.57. The SMILES string of the molecule is C=C1C(=O)c2cc(C)ccc2NC12CCCCC2. The summed E-state index contributed by atoms with van der Waals surface area (Å²) in [5.41, 5.74) is 3.49. The minimum Gasteiger partial charge on any atom is -0.375 e. The van der Waals surface area contributed by atoms with Crippen molar-refractivity contribution in [2.24, 2.45) is 0 Å². The molecule has 0 aromatic heterocycles. The van der Waals surface area contributed by atoms with Crippen LogP contribution in [0.4, 0.5) is 5.69 Å². The minimum absolute atomic E-state index is 0.134. The highest BCUT2D eigenvalue weighted by Gasteiger charge is 2.42. The molecular weight excluding hydrogens is 222 g/mol. The van der Waals surface area contributed by atoms with Crippen LogP contribution in [0, 0.1) is 6.92 Å². The van der Waals surface area contributed by atoms with E-state index in [9.17, 15) is 4.79 Å². The first kappa shape index (κ1) is 11.5. The number of nitrogens with one attached hydrogen (secondary N) is 1. The highest BCUT2D eigenvalue weighted by Crippen LogP contribution is 2.42. The fraction of sp³-hybridized carbons (Fsp3) is 0.438. The fourth-order valence-electron chi connectivity index (χ4n) is 3.25. The van der Waals surface area contributed by atoms with Crippen molar-refractivity contribution in [2.75, 3.05) is 5.32 Å². The summed E-state index contributed by atoms with van der Waals surface area (Å²) in [6.45, 7) is 6.10. The van der Waals surface area contributed by atoms with Gasteiger partial charge < -0.3 is 5.32 Å². The van der Waals surface area contributed by atoms with Gasteiger partial charge in [-0.15, -0.1) is 0 Å². The first-order chi connectivity index (χ1) is 8.62. The van der Waals surface area contributed by atoms with Crippen molar-refractivity contribution in [2.45, 2.75) is 44.6 Å². The Morgan fingerprint density at radius 2 is 1.94 bits per heavy atom. The van der Waals surface area contributed by atoms with Crippen LogP contribution in [0.25, 0.3) is 0 Å². The average Bonchev–Trinajstić information content (AvgIpc) is 2.39. The molecule has 1 aromatic rings. The molecule has 1 spiro atoms. The van der Waals surface area contributed by atoms with Gasteiger partial charge in [0.1, 0.15) is 0 Å². The van der Waals surface area contributed by atoms with E-state index >= 15 is 0 Å². The Kier molecular flexibility index (Phi) is 2.54. The average molecular weight is 241 g/mol. The second-order valence-electron chi connectivity index (χ2n) is 5.62. The molecule has 1 saturated carbocycles. The van der Waals surface area contributed by atoms with Crippen LogP contribution in [0.5, 0.6) is 0 Å². The summed E-state index contributed by atoms with van der Waals surface area (Å²) in [6, 6.07) is 6.06. The van der Waals surface area contributed by atoms with Crippen LogP contribution in [-0.2, 0) is 0 Å². The normalized spacial score (nSPS) is 21.6. The molecule has 0 saturated heterocycles.